The van der Waals surface area contributed by atoms with E-state index in [9.17, 15) is 0 Å². The molecule has 0 N–H and O–H groups in total. The standard InChI is InChI=1S/C16H14.C2H6/c1-12-5-2-3-8-16(12)15-10-9-13-6-4-7-14(13)11-15;1-2/h2-6,8-11H,7H2,1H3;1-2H3. The molecule has 0 heteroatoms. The lowest BCUT2D eigenvalue weighted by Gasteiger charge is -2.07. The van der Waals surface area contributed by atoms with Crippen LogP contribution in [0.3, 0.4) is 0 Å². The first-order valence-corrected chi connectivity index (χ1v) is 6.70. The minimum atomic E-state index is 1.08. The molecule has 3 rings (SSSR count). The summed E-state index contributed by atoms with van der Waals surface area (Å²) in [5, 5.41) is 0. The summed E-state index contributed by atoms with van der Waals surface area (Å²) < 4.78 is 0. The maximum absolute atomic E-state index is 2.32. The maximum Gasteiger partial charge on any atom is -0.00880 e. The Balaban J connectivity index is 0.000000574. The summed E-state index contributed by atoms with van der Waals surface area (Å²) in [6.45, 7) is 6.17. The Morgan fingerprint density at radius 1 is 0.944 bits per heavy atom. The van der Waals surface area contributed by atoms with E-state index in [1.165, 1.54) is 27.8 Å². The number of fused-ring (bicyclic) bond motifs is 1. The molecular weight excluding hydrogens is 216 g/mol. The molecule has 18 heavy (non-hydrogen) atoms. The Kier molecular flexibility index (Phi) is 3.99. The van der Waals surface area contributed by atoms with Crippen molar-refractivity contribution in [2.45, 2.75) is 27.2 Å². The second-order valence-corrected chi connectivity index (χ2v) is 4.34. The van der Waals surface area contributed by atoms with Gasteiger partial charge in [0.15, 0.2) is 0 Å². The van der Waals surface area contributed by atoms with Crippen LogP contribution in [0.2, 0.25) is 0 Å². The average molecular weight is 236 g/mol. The third-order valence-electron chi connectivity index (χ3n) is 3.23. The van der Waals surface area contributed by atoms with Crippen molar-refractivity contribution >= 4 is 6.08 Å². The summed E-state index contributed by atoms with van der Waals surface area (Å²) in [5.41, 5.74) is 6.84. The van der Waals surface area contributed by atoms with E-state index in [4.69, 9.17) is 0 Å². The molecule has 1 aliphatic carbocycles. The molecular formula is C18H20. The predicted molar refractivity (Wildman–Crippen MR) is 80.7 cm³/mol. The normalized spacial score (nSPS) is 11.7. The van der Waals surface area contributed by atoms with Crippen LogP contribution in [-0.2, 0) is 6.42 Å². The fraction of sp³-hybridized carbons (Fsp3) is 0.222. The molecule has 0 saturated carbocycles. The van der Waals surface area contributed by atoms with Gasteiger partial charge in [0.25, 0.3) is 0 Å². The van der Waals surface area contributed by atoms with E-state index in [0.29, 0.717) is 0 Å². The summed E-state index contributed by atoms with van der Waals surface area (Å²) >= 11 is 0. The van der Waals surface area contributed by atoms with Gasteiger partial charge in [0.05, 0.1) is 0 Å². The van der Waals surface area contributed by atoms with Crippen molar-refractivity contribution in [3.05, 3.63) is 65.2 Å². The average Bonchev–Trinajstić information content (AvgIpc) is 2.89. The first-order chi connectivity index (χ1) is 8.84. The Morgan fingerprint density at radius 3 is 2.50 bits per heavy atom. The monoisotopic (exact) mass is 236 g/mol. The van der Waals surface area contributed by atoms with E-state index in [1.54, 1.807) is 0 Å². The zero-order chi connectivity index (χ0) is 13.0. The van der Waals surface area contributed by atoms with Crippen molar-refractivity contribution in [1.29, 1.82) is 0 Å². The Hall–Kier alpha value is -1.82. The summed E-state index contributed by atoms with van der Waals surface area (Å²) in [4.78, 5) is 0. The lowest BCUT2D eigenvalue weighted by atomic mass is 9.97. The molecule has 92 valence electrons. The van der Waals surface area contributed by atoms with Gasteiger partial charge in [-0.1, -0.05) is 68.5 Å². The molecule has 0 saturated heterocycles. The first-order valence-electron chi connectivity index (χ1n) is 6.70. The zero-order valence-corrected chi connectivity index (χ0v) is 11.4. The molecule has 2 aromatic rings. The topological polar surface area (TPSA) is 0 Å². The largest absolute Gasteiger partial charge is 0.0795 e. The number of hydrogen-bond acceptors (Lipinski definition) is 0. The molecule has 0 bridgehead atoms. The highest BCUT2D eigenvalue weighted by Gasteiger charge is 2.07. The molecule has 0 amide bonds. The van der Waals surface area contributed by atoms with Crippen LogP contribution in [0.1, 0.15) is 30.5 Å². The second kappa shape index (κ2) is 5.68. The number of rotatable bonds is 1. The maximum atomic E-state index is 2.32. The van der Waals surface area contributed by atoms with Crippen LogP contribution in [0, 0.1) is 6.92 Å². The van der Waals surface area contributed by atoms with Gasteiger partial charge in [-0.05, 0) is 41.2 Å². The number of allylic oxidation sites excluding steroid dienone is 1. The molecule has 1 aliphatic rings. The fourth-order valence-corrected chi connectivity index (χ4v) is 2.32. The van der Waals surface area contributed by atoms with Gasteiger partial charge in [-0.3, -0.25) is 0 Å². The highest BCUT2D eigenvalue weighted by molar-refractivity contribution is 5.72. The van der Waals surface area contributed by atoms with E-state index in [1.807, 2.05) is 13.8 Å². The predicted octanol–water partition coefficient (Wildman–Crippen LogP) is 5.26. The third-order valence-corrected chi connectivity index (χ3v) is 3.23. The van der Waals surface area contributed by atoms with E-state index >= 15 is 0 Å². The Labute approximate surface area is 110 Å². The van der Waals surface area contributed by atoms with Crippen LogP contribution in [0.25, 0.3) is 17.2 Å². The Morgan fingerprint density at radius 2 is 1.72 bits per heavy atom. The summed E-state index contributed by atoms with van der Waals surface area (Å²) in [5.74, 6) is 0. The highest BCUT2D eigenvalue weighted by atomic mass is 14.1. The lowest BCUT2D eigenvalue weighted by Crippen LogP contribution is -1.86. The molecule has 0 unspecified atom stereocenters. The van der Waals surface area contributed by atoms with E-state index in [2.05, 4.69) is 61.5 Å². The minimum absolute atomic E-state index is 1.08. The molecule has 0 aliphatic heterocycles. The number of benzene rings is 2. The molecule has 2 aromatic carbocycles. The SMILES string of the molecule is CC.Cc1ccccc1-c1ccc2c(c1)CC=C2. The van der Waals surface area contributed by atoms with Gasteiger partial charge in [-0.25, -0.2) is 0 Å². The van der Waals surface area contributed by atoms with Crippen LogP contribution in [-0.4, -0.2) is 0 Å². The summed E-state index contributed by atoms with van der Waals surface area (Å²) in [7, 11) is 0. The first kappa shape index (κ1) is 12.6. The van der Waals surface area contributed by atoms with Gasteiger partial charge in [-0.15, -0.1) is 0 Å². The molecule has 0 atom stereocenters. The minimum Gasteiger partial charge on any atom is -0.0795 e. The van der Waals surface area contributed by atoms with Crippen molar-refractivity contribution in [3.8, 4) is 11.1 Å². The van der Waals surface area contributed by atoms with Gasteiger partial charge in [-0.2, -0.15) is 0 Å². The van der Waals surface area contributed by atoms with Gasteiger partial charge < -0.3 is 0 Å². The van der Waals surface area contributed by atoms with Crippen molar-refractivity contribution in [1.82, 2.24) is 0 Å². The van der Waals surface area contributed by atoms with Crippen LogP contribution in [0.15, 0.2) is 48.5 Å². The lowest BCUT2D eigenvalue weighted by molar-refractivity contribution is 1.31. The number of hydrogen-bond donors (Lipinski definition) is 0. The zero-order valence-electron chi connectivity index (χ0n) is 11.4. The van der Waals surface area contributed by atoms with E-state index in [-0.39, 0.29) is 0 Å². The van der Waals surface area contributed by atoms with E-state index in [0.717, 1.165) is 6.42 Å². The summed E-state index contributed by atoms with van der Waals surface area (Å²) in [6.07, 6.45) is 5.51. The van der Waals surface area contributed by atoms with Gasteiger partial charge in [0.2, 0.25) is 0 Å². The smallest absolute Gasteiger partial charge is 0.00880 e. The Bertz CT molecular complexity index is 562. The fourth-order valence-electron chi connectivity index (χ4n) is 2.32. The number of aryl methyl sites for hydroxylation is 1. The van der Waals surface area contributed by atoms with Crippen LogP contribution < -0.4 is 0 Å². The van der Waals surface area contributed by atoms with Crippen LogP contribution in [0.4, 0.5) is 0 Å². The second-order valence-electron chi connectivity index (χ2n) is 4.34. The molecule has 0 radical (unpaired) electrons. The van der Waals surface area contributed by atoms with Crippen molar-refractivity contribution in [2.75, 3.05) is 0 Å². The van der Waals surface area contributed by atoms with Crippen molar-refractivity contribution < 1.29 is 0 Å². The quantitative estimate of drug-likeness (QED) is 0.633. The van der Waals surface area contributed by atoms with Crippen LogP contribution in [0.5, 0.6) is 0 Å². The highest BCUT2D eigenvalue weighted by Crippen LogP contribution is 2.28. The van der Waals surface area contributed by atoms with Gasteiger partial charge in [0, 0.05) is 0 Å². The van der Waals surface area contributed by atoms with E-state index < -0.39 is 0 Å². The van der Waals surface area contributed by atoms with Crippen molar-refractivity contribution in [3.63, 3.8) is 0 Å². The third kappa shape index (κ3) is 2.38. The van der Waals surface area contributed by atoms with Gasteiger partial charge >= 0.3 is 0 Å². The van der Waals surface area contributed by atoms with Crippen LogP contribution >= 0.6 is 0 Å². The molecule has 0 spiro atoms. The van der Waals surface area contributed by atoms with Crippen molar-refractivity contribution in [2.24, 2.45) is 0 Å². The molecule has 0 heterocycles. The molecule has 0 fully saturated rings. The van der Waals surface area contributed by atoms with Gasteiger partial charge in [0.1, 0.15) is 0 Å². The summed E-state index contributed by atoms with van der Waals surface area (Å²) in [6, 6.07) is 15.3. The molecule has 0 aromatic heterocycles. The molecule has 0 nitrogen and oxygen atoms in total.